The van der Waals surface area contributed by atoms with Crippen LogP contribution in [0.15, 0.2) is 48.5 Å². The third-order valence-corrected chi connectivity index (χ3v) is 4.12. The van der Waals surface area contributed by atoms with Crippen LogP contribution in [0.2, 0.25) is 10.0 Å². The molecule has 0 unspecified atom stereocenters. The Bertz CT molecular complexity index is 727. The Hall–Kier alpha value is -1.97. The molecule has 1 N–H and O–H groups in total. The van der Waals surface area contributed by atoms with Crippen molar-refractivity contribution in [1.82, 2.24) is 5.32 Å². The smallest absolute Gasteiger partial charge is 0.244 e. The highest BCUT2D eigenvalue weighted by Gasteiger charge is 2.00. The topological polar surface area (TPSA) is 38.3 Å². The molecular weight excluding hydrogens is 357 g/mol. The molecule has 2 rings (SSSR count). The van der Waals surface area contributed by atoms with Crippen LogP contribution in [0.25, 0.3) is 6.08 Å². The molecule has 0 heterocycles. The Kier molecular flexibility index (Phi) is 7.83. The number of ether oxygens (including phenoxy) is 1. The molecule has 0 spiro atoms. The molecule has 0 radical (unpaired) electrons. The summed E-state index contributed by atoms with van der Waals surface area (Å²) >= 11 is 11.9. The molecule has 0 saturated heterocycles. The van der Waals surface area contributed by atoms with Crippen molar-refractivity contribution in [3.05, 3.63) is 69.7 Å². The van der Waals surface area contributed by atoms with Gasteiger partial charge in [-0.15, -0.1) is 0 Å². The van der Waals surface area contributed by atoms with E-state index in [0.29, 0.717) is 23.2 Å². The Balaban J connectivity index is 1.72. The highest BCUT2D eigenvalue weighted by molar-refractivity contribution is 6.35. The van der Waals surface area contributed by atoms with Crippen molar-refractivity contribution in [2.45, 2.75) is 19.8 Å². The molecule has 1 amide bonds. The van der Waals surface area contributed by atoms with Gasteiger partial charge < -0.3 is 10.1 Å². The molecule has 0 aliphatic heterocycles. The van der Waals surface area contributed by atoms with Crippen molar-refractivity contribution >= 4 is 35.2 Å². The standard InChI is InChI=1S/C20H21Cl2NO2/c1-2-25-18-10-5-15(6-11-18)4-3-13-23-20(24)12-8-16-7-9-17(21)14-19(16)22/h5-12,14H,2-4,13H2,1H3,(H,23,24)/b12-8+. The summed E-state index contributed by atoms with van der Waals surface area (Å²) in [4.78, 5) is 11.8. The predicted octanol–water partition coefficient (Wildman–Crippen LogP) is 5.15. The fourth-order valence-electron chi connectivity index (χ4n) is 2.28. The second-order valence-corrected chi connectivity index (χ2v) is 6.31. The lowest BCUT2D eigenvalue weighted by Gasteiger charge is -2.05. The van der Waals surface area contributed by atoms with Gasteiger partial charge in [-0.3, -0.25) is 4.79 Å². The molecule has 132 valence electrons. The first-order valence-corrected chi connectivity index (χ1v) is 8.97. The summed E-state index contributed by atoms with van der Waals surface area (Å²) in [6, 6.07) is 13.2. The molecule has 0 aromatic heterocycles. The van der Waals surface area contributed by atoms with Crippen LogP contribution in [0, 0.1) is 0 Å². The van der Waals surface area contributed by atoms with Gasteiger partial charge in [-0.2, -0.15) is 0 Å². The number of halogens is 2. The highest BCUT2D eigenvalue weighted by Crippen LogP contribution is 2.21. The number of aryl methyl sites for hydroxylation is 1. The number of rotatable bonds is 8. The van der Waals surface area contributed by atoms with Gasteiger partial charge >= 0.3 is 0 Å². The average molecular weight is 378 g/mol. The molecule has 0 atom stereocenters. The lowest BCUT2D eigenvalue weighted by Crippen LogP contribution is -2.22. The van der Waals surface area contributed by atoms with E-state index in [2.05, 4.69) is 17.4 Å². The van der Waals surface area contributed by atoms with Crippen LogP contribution in [0.1, 0.15) is 24.5 Å². The Morgan fingerprint density at radius 1 is 1.16 bits per heavy atom. The van der Waals surface area contributed by atoms with Crippen LogP contribution in [0.4, 0.5) is 0 Å². The van der Waals surface area contributed by atoms with Gasteiger partial charge in [0.2, 0.25) is 5.91 Å². The monoisotopic (exact) mass is 377 g/mol. The van der Waals surface area contributed by atoms with Crippen molar-refractivity contribution in [3.63, 3.8) is 0 Å². The number of hydrogen-bond donors (Lipinski definition) is 1. The van der Waals surface area contributed by atoms with Crippen molar-refractivity contribution in [1.29, 1.82) is 0 Å². The van der Waals surface area contributed by atoms with Gasteiger partial charge in [-0.25, -0.2) is 0 Å². The minimum Gasteiger partial charge on any atom is -0.494 e. The van der Waals surface area contributed by atoms with E-state index < -0.39 is 0 Å². The fraction of sp³-hybridized carbons (Fsp3) is 0.250. The summed E-state index contributed by atoms with van der Waals surface area (Å²) in [7, 11) is 0. The number of carbonyl (C=O) groups excluding carboxylic acids is 1. The van der Waals surface area contributed by atoms with Crippen LogP contribution in [0.3, 0.4) is 0 Å². The van der Waals surface area contributed by atoms with Crippen LogP contribution in [-0.4, -0.2) is 19.1 Å². The lowest BCUT2D eigenvalue weighted by atomic mass is 10.1. The Labute approximate surface area is 158 Å². The van der Waals surface area contributed by atoms with Crippen molar-refractivity contribution in [2.24, 2.45) is 0 Å². The number of nitrogens with one attached hydrogen (secondary N) is 1. The van der Waals surface area contributed by atoms with Crippen LogP contribution >= 0.6 is 23.2 Å². The van der Waals surface area contributed by atoms with Crippen LogP contribution < -0.4 is 10.1 Å². The van der Waals surface area contributed by atoms with E-state index in [0.717, 1.165) is 24.2 Å². The normalized spacial score (nSPS) is 10.8. The van der Waals surface area contributed by atoms with E-state index >= 15 is 0 Å². The van der Waals surface area contributed by atoms with Gasteiger partial charge in [-0.05, 0) is 61.2 Å². The van der Waals surface area contributed by atoms with E-state index in [4.69, 9.17) is 27.9 Å². The molecule has 25 heavy (non-hydrogen) atoms. The van der Waals surface area contributed by atoms with E-state index in [1.807, 2.05) is 19.1 Å². The first-order chi connectivity index (χ1) is 12.1. The minimum absolute atomic E-state index is 0.141. The zero-order valence-corrected chi connectivity index (χ0v) is 15.6. The number of amides is 1. The van der Waals surface area contributed by atoms with E-state index in [1.54, 1.807) is 24.3 Å². The number of carbonyl (C=O) groups is 1. The summed E-state index contributed by atoms with van der Waals surface area (Å²) in [5, 5.41) is 3.96. The molecule has 0 saturated carbocycles. The largest absolute Gasteiger partial charge is 0.494 e. The third-order valence-electron chi connectivity index (χ3n) is 3.55. The maximum Gasteiger partial charge on any atom is 0.244 e. The van der Waals surface area contributed by atoms with E-state index in [9.17, 15) is 4.79 Å². The quantitative estimate of drug-likeness (QED) is 0.509. The Morgan fingerprint density at radius 2 is 1.92 bits per heavy atom. The first-order valence-electron chi connectivity index (χ1n) is 8.21. The molecule has 2 aromatic rings. The van der Waals surface area contributed by atoms with Crippen LogP contribution in [0.5, 0.6) is 5.75 Å². The molecule has 0 fully saturated rings. The number of benzene rings is 2. The molecule has 0 aliphatic carbocycles. The summed E-state index contributed by atoms with van der Waals surface area (Å²) < 4.78 is 5.41. The second kappa shape index (κ2) is 10.1. The summed E-state index contributed by atoms with van der Waals surface area (Å²) in [5.74, 6) is 0.739. The zero-order chi connectivity index (χ0) is 18.1. The number of hydrogen-bond acceptors (Lipinski definition) is 2. The third kappa shape index (κ3) is 6.81. The molecule has 5 heteroatoms. The van der Waals surface area contributed by atoms with Crippen LogP contribution in [-0.2, 0) is 11.2 Å². The second-order valence-electron chi connectivity index (χ2n) is 5.47. The summed E-state index contributed by atoms with van der Waals surface area (Å²) in [6.45, 7) is 3.25. The van der Waals surface area contributed by atoms with Crippen molar-refractivity contribution < 1.29 is 9.53 Å². The van der Waals surface area contributed by atoms with Gasteiger partial charge in [0, 0.05) is 22.7 Å². The maximum atomic E-state index is 11.8. The SMILES string of the molecule is CCOc1ccc(CCCNC(=O)/C=C/c2ccc(Cl)cc2Cl)cc1. The minimum atomic E-state index is -0.141. The average Bonchev–Trinajstić information content (AvgIpc) is 2.59. The molecular formula is C20H21Cl2NO2. The molecule has 0 aliphatic rings. The van der Waals surface area contributed by atoms with E-state index in [1.165, 1.54) is 11.6 Å². The van der Waals surface area contributed by atoms with Gasteiger partial charge in [0.15, 0.2) is 0 Å². The summed E-state index contributed by atoms with van der Waals surface area (Å²) in [6.07, 6.45) is 4.93. The highest BCUT2D eigenvalue weighted by atomic mass is 35.5. The summed E-state index contributed by atoms with van der Waals surface area (Å²) in [5.41, 5.74) is 1.98. The molecule has 2 aromatic carbocycles. The maximum absolute atomic E-state index is 11.8. The van der Waals surface area contributed by atoms with E-state index in [-0.39, 0.29) is 5.91 Å². The molecule has 3 nitrogen and oxygen atoms in total. The van der Waals surface area contributed by atoms with Gasteiger partial charge in [0.1, 0.15) is 5.75 Å². The van der Waals surface area contributed by atoms with Crippen molar-refractivity contribution in [2.75, 3.05) is 13.2 Å². The lowest BCUT2D eigenvalue weighted by molar-refractivity contribution is -0.116. The zero-order valence-electron chi connectivity index (χ0n) is 14.1. The first kappa shape index (κ1) is 19.4. The predicted molar refractivity (Wildman–Crippen MR) is 104 cm³/mol. The van der Waals surface area contributed by atoms with Gasteiger partial charge in [0.25, 0.3) is 0 Å². The molecule has 0 bridgehead atoms. The van der Waals surface area contributed by atoms with Gasteiger partial charge in [-0.1, -0.05) is 41.4 Å². The van der Waals surface area contributed by atoms with Crippen molar-refractivity contribution in [3.8, 4) is 5.75 Å². The Morgan fingerprint density at radius 3 is 2.60 bits per heavy atom. The van der Waals surface area contributed by atoms with Gasteiger partial charge in [0.05, 0.1) is 6.61 Å². The fourth-order valence-corrected chi connectivity index (χ4v) is 2.76.